The van der Waals surface area contributed by atoms with Gasteiger partial charge in [-0.15, -0.1) is 0 Å². The van der Waals surface area contributed by atoms with Crippen molar-refractivity contribution < 1.29 is 14.3 Å². The van der Waals surface area contributed by atoms with Crippen molar-refractivity contribution in [1.29, 1.82) is 0 Å². The Bertz CT molecular complexity index is 1170. The Morgan fingerprint density at radius 1 is 0.941 bits per heavy atom. The highest BCUT2D eigenvalue weighted by molar-refractivity contribution is 5.78. The second-order valence-electron chi connectivity index (χ2n) is 9.81. The lowest BCUT2D eigenvalue weighted by molar-refractivity contribution is -0.156. The summed E-state index contributed by atoms with van der Waals surface area (Å²) in [6.45, 7) is 9.80. The first-order chi connectivity index (χ1) is 16.3. The Balaban J connectivity index is 1.52. The second kappa shape index (κ2) is 9.92. The van der Waals surface area contributed by atoms with Gasteiger partial charge in [-0.1, -0.05) is 42.5 Å². The summed E-state index contributed by atoms with van der Waals surface area (Å²) in [5.41, 5.74) is 6.63. The molecule has 0 saturated carbocycles. The van der Waals surface area contributed by atoms with Gasteiger partial charge in [0.1, 0.15) is 5.75 Å². The van der Waals surface area contributed by atoms with Gasteiger partial charge in [-0.25, -0.2) is 4.79 Å². The molecule has 1 atom stereocenters. The molecule has 0 radical (unpaired) electrons. The summed E-state index contributed by atoms with van der Waals surface area (Å²) >= 11 is 0. The molecule has 3 aromatic carbocycles. The minimum absolute atomic E-state index is 0.384. The molecular weight excluding hydrogens is 422 g/mol. The first-order valence-corrected chi connectivity index (χ1v) is 12.1. The number of piperidine rings is 1. The zero-order valence-electron chi connectivity index (χ0n) is 20.9. The Morgan fingerprint density at radius 2 is 1.71 bits per heavy atom. The average molecular weight is 458 g/mol. The number of anilines is 1. The number of methoxy groups -OCH3 is 1. The van der Waals surface area contributed by atoms with Gasteiger partial charge in [-0.2, -0.15) is 0 Å². The van der Waals surface area contributed by atoms with Crippen LogP contribution in [0.25, 0.3) is 11.1 Å². The van der Waals surface area contributed by atoms with E-state index in [-0.39, 0.29) is 5.97 Å². The largest absolute Gasteiger partial charge is 0.476 e. The molecule has 0 spiro atoms. The Labute approximate surface area is 203 Å². The van der Waals surface area contributed by atoms with Crippen LogP contribution in [0.15, 0.2) is 66.7 Å². The fraction of sp³-hybridized carbons (Fsp3) is 0.367. The molecule has 34 heavy (non-hydrogen) atoms. The predicted molar refractivity (Wildman–Crippen MR) is 139 cm³/mol. The van der Waals surface area contributed by atoms with Crippen LogP contribution < -0.4 is 9.64 Å². The van der Waals surface area contributed by atoms with Crippen molar-refractivity contribution in [3.63, 3.8) is 0 Å². The van der Waals surface area contributed by atoms with Crippen LogP contribution in [0.5, 0.6) is 5.75 Å². The molecule has 0 amide bonds. The van der Waals surface area contributed by atoms with E-state index < -0.39 is 5.60 Å². The standard InChI is InChI=1S/C30H35NO3/c1-21-14-15-25(17-22(21)2)23-9-6-12-27(18-23)31-16-8-11-26(20-31)24-10-7-13-28(19-24)34-30(3,4)29(32)33-5/h6-7,9-10,12-15,17-19,26H,8,11,16,20H2,1-5H3. The molecule has 0 aliphatic carbocycles. The van der Waals surface area contributed by atoms with Crippen molar-refractivity contribution in [3.05, 3.63) is 83.4 Å². The molecule has 1 fully saturated rings. The average Bonchev–Trinajstić information content (AvgIpc) is 2.85. The molecule has 1 aliphatic heterocycles. The molecule has 178 valence electrons. The van der Waals surface area contributed by atoms with Crippen molar-refractivity contribution in [1.82, 2.24) is 0 Å². The summed E-state index contributed by atoms with van der Waals surface area (Å²) in [5, 5.41) is 0. The molecule has 4 heteroatoms. The van der Waals surface area contributed by atoms with E-state index in [0.29, 0.717) is 11.7 Å². The van der Waals surface area contributed by atoms with Gasteiger partial charge in [0, 0.05) is 24.7 Å². The Hall–Kier alpha value is -3.27. The number of rotatable bonds is 6. The number of hydrogen-bond acceptors (Lipinski definition) is 4. The third-order valence-corrected chi connectivity index (χ3v) is 6.85. The Morgan fingerprint density at radius 3 is 2.47 bits per heavy atom. The maximum atomic E-state index is 12.0. The topological polar surface area (TPSA) is 38.8 Å². The molecule has 1 saturated heterocycles. The molecule has 1 unspecified atom stereocenters. The van der Waals surface area contributed by atoms with Gasteiger partial charge >= 0.3 is 5.97 Å². The quantitative estimate of drug-likeness (QED) is 0.387. The number of carbonyl (C=O) groups is 1. The van der Waals surface area contributed by atoms with Gasteiger partial charge in [-0.05, 0) is 92.6 Å². The highest BCUT2D eigenvalue weighted by Crippen LogP contribution is 2.34. The highest BCUT2D eigenvalue weighted by atomic mass is 16.6. The minimum Gasteiger partial charge on any atom is -0.476 e. The molecule has 0 N–H and O–H groups in total. The highest BCUT2D eigenvalue weighted by Gasteiger charge is 2.31. The Kier molecular flexibility index (Phi) is 6.97. The lowest BCUT2D eigenvalue weighted by Crippen LogP contribution is -2.39. The van der Waals surface area contributed by atoms with Crippen LogP contribution in [-0.4, -0.2) is 31.8 Å². The van der Waals surface area contributed by atoms with Crippen molar-refractivity contribution in [2.75, 3.05) is 25.1 Å². The molecule has 1 aliphatic rings. The summed E-state index contributed by atoms with van der Waals surface area (Å²) in [5.74, 6) is 0.718. The van der Waals surface area contributed by atoms with E-state index in [4.69, 9.17) is 9.47 Å². The van der Waals surface area contributed by atoms with Crippen LogP contribution in [0.1, 0.15) is 49.3 Å². The number of esters is 1. The third-order valence-electron chi connectivity index (χ3n) is 6.85. The SMILES string of the molecule is COC(=O)C(C)(C)Oc1cccc(C2CCCN(c3cccc(-c4ccc(C)c(C)c4)c3)C2)c1. The summed E-state index contributed by atoms with van der Waals surface area (Å²) < 4.78 is 10.9. The molecule has 4 rings (SSSR count). The molecule has 0 bridgehead atoms. The van der Waals surface area contributed by atoms with Crippen LogP contribution in [0, 0.1) is 13.8 Å². The first-order valence-electron chi connectivity index (χ1n) is 12.1. The molecule has 1 heterocycles. The van der Waals surface area contributed by atoms with Crippen molar-refractivity contribution in [3.8, 4) is 16.9 Å². The molecule has 4 nitrogen and oxygen atoms in total. The molecular formula is C30H35NO3. The van der Waals surface area contributed by atoms with Crippen LogP contribution in [0.2, 0.25) is 0 Å². The van der Waals surface area contributed by atoms with Gasteiger partial charge in [0.2, 0.25) is 0 Å². The lowest BCUT2D eigenvalue weighted by atomic mass is 9.90. The van der Waals surface area contributed by atoms with E-state index >= 15 is 0 Å². The van der Waals surface area contributed by atoms with Gasteiger partial charge in [-0.3, -0.25) is 0 Å². The van der Waals surface area contributed by atoms with Gasteiger partial charge in [0.05, 0.1) is 7.11 Å². The van der Waals surface area contributed by atoms with Crippen molar-refractivity contribution in [2.45, 2.75) is 52.1 Å². The number of carbonyl (C=O) groups excluding carboxylic acids is 1. The monoisotopic (exact) mass is 457 g/mol. The maximum Gasteiger partial charge on any atom is 0.349 e. The van der Waals surface area contributed by atoms with Crippen LogP contribution in [-0.2, 0) is 9.53 Å². The van der Waals surface area contributed by atoms with Crippen molar-refractivity contribution >= 4 is 11.7 Å². The third kappa shape index (κ3) is 5.27. The second-order valence-corrected chi connectivity index (χ2v) is 9.81. The van der Waals surface area contributed by atoms with E-state index in [1.807, 2.05) is 12.1 Å². The fourth-order valence-electron chi connectivity index (χ4n) is 4.70. The van der Waals surface area contributed by atoms with E-state index in [1.165, 1.54) is 40.6 Å². The number of benzene rings is 3. The zero-order chi connectivity index (χ0) is 24.3. The number of hydrogen-bond donors (Lipinski definition) is 0. The van der Waals surface area contributed by atoms with Crippen LogP contribution in [0.4, 0.5) is 5.69 Å². The maximum absolute atomic E-state index is 12.0. The smallest absolute Gasteiger partial charge is 0.349 e. The minimum atomic E-state index is -1.03. The van der Waals surface area contributed by atoms with E-state index in [2.05, 4.69) is 73.3 Å². The van der Waals surface area contributed by atoms with Gasteiger partial charge < -0.3 is 14.4 Å². The van der Waals surface area contributed by atoms with Crippen molar-refractivity contribution in [2.24, 2.45) is 0 Å². The predicted octanol–water partition coefficient (Wildman–Crippen LogP) is 6.68. The summed E-state index contributed by atoms with van der Waals surface area (Å²) in [7, 11) is 1.38. The molecule has 0 aromatic heterocycles. The number of nitrogens with zero attached hydrogens (tertiary/aromatic N) is 1. The lowest BCUT2D eigenvalue weighted by Gasteiger charge is -2.35. The van der Waals surface area contributed by atoms with Gasteiger partial charge in [0.15, 0.2) is 5.60 Å². The molecule has 3 aromatic rings. The number of ether oxygens (including phenoxy) is 2. The fourth-order valence-corrected chi connectivity index (χ4v) is 4.70. The van der Waals surface area contributed by atoms with E-state index in [1.54, 1.807) is 13.8 Å². The first kappa shape index (κ1) is 23.9. The van der Waals surface area contributed by atoms with E-state index in [9.17, 15) is 4.79 Å². The number of aryl methyl sites for hydroxylation is 2. The summed E-state index contributed by atoms with van der Waals surface area (Å²) in [6, 6.07) is 23.7. The summed E-state index contributed by atoms with van der Waals surface area (Å²) in [4.78, 5) is 14.5. The van der Waals surface area contributed by atoms with Gasteiger partial charge in [0.25, 0.3) is 0 Å². The van der Waals surface area contributed by atoms with E-state index in [0.717, 1.165) is 25.9 Å². The normalized spacial score (nSPS) is 16.3. The zero-order valence-corrected chi connectivity index (χ0v) is 20.9. The van der Waals surface area contributed by atoms with Crippen LogP contribution in [0.3, 0.4) is 0 Å². The summed E-state index contributed by atoms with van der Waals surface area (Å²) in [6.07, 6.45) is 2.27. The van der Waals surface area contributed by atoms with Crippen LogP contribution >= 0.6 is 0 Å².